The summed E-state index contributed by atoms with van der Waals surface area (Å²) in [4.78, 5) is 14.9. The standard InChI is InChI=1S/C16H20BrNO/c1-11-13(6-4-7-14(11)17)16(19)18-10-9-12-5-2-3-8-15(12)18/h4,6-7,12,15H,2-3,5,8-10H2,1H3. The summed E-state index contributed by atoms with van der Waals surface area (Å²) in [6.07, 6.45) is 6.33. The summed E-state index contributed by atoms with van der Waals surface area (Å²) in [5.41, 5.74) is 1.92. The van der Waals surface area contributed by atoms with Gasteiger partial charge in [-0.1, -0.05) is 34.8 Å². The molecular weight excluding hydrogens is 302 g/mol. The molecule has 3 rings (SSSR count). The maximum Gasteiger partial charge on any atom is 0.254 e. The summed E-state index contributed by atoms with van der Waals surface area (Å²) in [5, 5.41) is 0. The van der Waals surface area contributed by atoms with E-state index in [2.05, 4.69) is 20.8 Å². The van der Waals surface area contributed by atoms with E-state index in [0.29, 0.717) is 6.04 Å². The molecule has 1 aromatic carbocycles. The molecule has 2 aliphatic rings. The van der Waals surface area contributed by atoms with Gasteiger partial charge in [-0.15, -0.1) is 0 Å². The lowest BCUT2D eigenvalue weighted by Gasteiger charge is -2.32. The third kappa shape index (κ3) is 2.33. The van der Waals surface area contributed by atoms with E-state index in [4.69, 9.17) is 0 Å². The summed E-state index contributed by atoms with van der Waals surface area (Å²) >= 11 is 3.52. The second-order valence-corrected chi connectivity index (χ2v) is 6.67. The predicted octanol–water partition coefficient (Wildman–Crippen LogP) is 4.16. The quantitative estimate of drug-likeness (QED) is 0.760. The largest absolute Gasteiger partial charge is 0.335 e. The fraction of sp³-hybridized carbons (Fsp3) is 0.562. The highest BCUT2D eigenvalue weighted by atomic mass is 79.9. The fourth-order valence-electron chi connectivity index (χ4n) is 3.65. The Kier molecular flexibility index (Phi) is 3.66. The van der Waals surface area contributed by atoms with E-state index < -0.39 is 0 Å². The Morgan fingerprint density at radius 3 is 2.89 bits per heavy atom. The van der Waals surface area contributed by atoms with Gasteiger partial charge in [0, 0.05) is 22.6 Å². The SMILES string of the molecule is Cc1c(Br)cccc1C(=O)N1CCC2CCCCC21. The molecule has 1 aliphatic heterocycles. The van der Waals surface area contributed by atoms with Gasteiger partial charge in [-0.3, -0.25) is 4.79 Å². The molecule has 0 spiro atoms. The van der Waals surface area contributed by atoms with Crippen LogP contribution in [0.1, 0.15) is 48.0 Å². The van der Waals surface area contributed by atoms with Crippen molar-refractivity contribution >= 4 is 21.8 Å². The summed E-state index contributed by atoms with van der Waals surface area (Å²) in [5.74, 6) is 0.985. The van der Waals surface area contributed by atoms with Crippen LogP contribution >= 0.6 is 15.9 Å². The maximum atomic E-state index is 12.8. The average Bonchev–Trinajstić information content (AvgIpc) is 2.85. The lowest BCUT2D eigenvalue weighted by molar-refractivity contribution is 0.0689. The first-order chi connectivity index (χ1) is 9.18. The minimum absolute atomic E-state index is 0.230. The van der Waals surface area contributed by atoms with E-state index in [1.807, 2.05) is 25.1 Å². The summed E-state index contributed by atoms with van der Waals surface area (Å²) in [6, 6.07) is 6.41. The van der Waals surface area contributed by atoms with Crippen molar-refractivity contribution in [3.05, 3.63) is 33.8 Å². The van der Waals surface area contributed by atoms with E-state index in [0.717, 1.165) is 28.1 Å². The number of carbonyl (C=O) groups excluding carboxylic acids is 1. The normalized spacial score (nSPS) is 26.3. The minimum Gasteiger partial charge on any atom is -0.335 e. The zero-order valence-electron chi connectivity index (χ0n) is 11.4. The molecule has 0 bridgehead atoms. The van der Waals surface area contributed by atoms with Crippen molar-refractivity contribution in [1.82, 2.24) is 4.90 Å². The fourth-order valence-corrected chi connectivity index (χ4v) is 4.02. The van der Waals surface area contributed by atoms with Crippen LogP contribution in [-0.2, 0) is 0 Å². The molecule has 1 aromatic rings. The Bertz CT molecular complexity index is 500. The number of halogens is 1. The molecule has 0 N–H and O–H groups in total. The van der Waals surface area contributed by atoms with Gasteiger partial charge in [-0.05, 0) is 49.8 Å². The maximum absolute atomic E-state index is 12.8. The third-order valence-corrected chi connectivity index (χ3v) is 5.63. The molecule has 19 heavy (non-hydrogen) atoms. The first-order valence-electron chi connectivity index (χ1n) is 7.24. The van der Waals surface area contributed by atoms with Crippen molar-refractivity contribution in [1.29, 1.82) is 0 Å². The van der Waals surface area contributed by atoms with Crippen LogP contribution in [0.5, 0.6) is 0 Å². The average molecular weight is 322 g/mol. The zero-order chi connectivity index (χ0) is 13.4. The van der Waals surface area contributed by atoms with Gasteiger partial charge in [0.25, 0.3) is 5.91 Å². The number of benzene rings is 1. The van der Waals surface area contributed by atoms with Gasteiger partial charge in [0.2, 0.25) is 0 Å². The molecular formula is C16H20BrNO. The molecule has 2 fully saturated rings. The van der Waals surface area contributed by atoms with Gasteiger partial charge in [0.15, 0.2) is 0 Å². The van der Waals surface area contributed by atoms with Gasteiger partial charge < -0.3 is 4.90 Å². The molecule has 1 amide bonds. The molecule has 2 nitrogen and oxygen atoms in total. The number of fused-ring (bicyclic) bond motifs is 1. The Morgan fingerprint density at radius 1 is 1.26 bits per heavy atom. The molecule has 102 valence electrons. The van der Waals surface area contributed by atoms with Crippen molar-refractivity contribution in [2.45, 2.75) is 45.1 Å². The highest BCUT2D eigenvalue weighted by Crippen LogP contribution is 2.37. The van der Waals surface area contributed by atoms with Crippen LogP contribution in [0.3, 0.4) is 0 Å². The van der Waals surface area contributed by atoms with E-state index >= 15 is 0 Å². The highest BCUT2D eigenvalue weighted by molar-refractivity contribution is 9.10. The molecule has 0 aromatic heterocycles. The summed E-state index contributed by atoms with van der Waals surface area (Å²) < 4.78 is 1.03. The third-order valence-electron chi connectivity index (χ3n) is 4.77. The number of carbonyl (C=O) groups is 1. The molecule has 1 saturated carbocycles. The monoisotopic (exact) mass is 321 g/mol. The first-order valence-corrected chi connectivity index (χ1v) is 8.04. The van der Waals surface area contributed by atoms with Crippen LogP contribution in [0, 0.1) is 12.8 Å². The van der Waals surface area contributed by atoms with Gasteiger partial charge in [-0.2, -0.15) is 0 Å². The molecule has 0 radical (unpaired) electrons. The number of hydrogen-bond donors (Lipinski definition) is 0. The Morgan fingerprint density at radius 2 is 2.05 bits per heavy atom. The van der Waals surface area contributed by atoms with Crippen LogP contribution in [0.4, 0.5) is 0 Å². The molecule has 2 atom stereocenters. The van der Waals surface area contributed by atoms with Crippen molar-refractivity contribution in [3.63, 3.8) is 0 Å². The van der Waals surface area contributed by atoms with Crippen LogP contribution in [-0.4, -0.2) is 23.4 Å². The second kappa shape index (κ2) is 5.28. The van der Waals surface area contributed by atoms with Crippen LogP contribution in [0.2, 0.25) is 0 Å². The predicted molar refractivity (Wildman–Crippen MR) is 80.3 cm³/mol. The summed E-state index contributed by atoms with van der Waals surface area (Å²) in [6.45, 7) is 2.96. The second-order valence-electron chi connectivity index (χ2n) is 5.81. The highest BCUT2D eigenvalue weighted by Gasteiger charge is 2.38. The zero-order valence-corrected chi connectivity index (χ0v) is 12.9. The van der Waals surface area contributed by atoms with Gasteiger partial charge >= 0.3 is 0 Å². The molecule has 1 aliphatic carbocycles. The first kappa shape index (κ1) is 13.2. The topological polar surface area (TPSA) is 20.3 Å². The Balaban J connectivity index is 1.86. The lowest BCUT2D eigenvalue weighted by atomic mass is 9.85. The molecule has 1 saturated heterocycles. The number of amides is 1. The number of likely N-dealkylation sites (tertiary alicyclic amines) is 1. The lowest BCUT2D eigenvalue weighted by Crippen LogP contribution is -2.39. The Labute approximate surface area is 123 Å². The van der Waals surface area contributed by atoms with E-state index in [1.54, 1.807) is 0 Å². The van der Waals surface area contributed by atoms with Crippen LogP contribution < -0.4 is 0 Å². The van der Waals surface area contributed by atoms with Crippen molar-refractivity contribution in [3.8, 4) is 0 Å². The van der Waals surface area contributed by atoms with Crippen molar-refractivity contribution < 1.29 is 4.79 Å². The summed E-state index contributed by atoms with van der Waals surface area (Å²) in [7, 11) is 0. The number of nitrogens with zero attached hydrogens (tertiary/aromatic N) is 1. The van der Waals surface area contributed by atoms with Crippen molar-refractivity contribution in [2.75, 3.05) is 6.54 Å². The van der Waals surface area contributed by atoms with Gasteiger partial charge in [0.05, 0.1) is 0 Å². The Hall–Kier alpha value is -0.830. The minimum atomic E-state index is 0.230. The molecule has 1 heterocycles. The van der Waals surface area contributed by atoms with Crippen LogP contribution in [0.25, 0.3) is 0 Å². The van der Waals surface area contributed by atoms with E-state index in [9.17, 15) is 4.79 Å². The number of rotatable bonds is 1. The van der Waals surface area contributed by atoms with Gasteiger partial charge in [0.1, 0.15) is 0 Å². The smallest absolute Gasteiger partial charge is 0.254 e. The van der Waals surface area contributed by atoms with Crippen molar-refractivity contribution in [2.24, 2.45) is 5.92 Å². The molecule has 3 heteroatoms. The van der Waals surface area contributed by atoms with Gasteiger partial charge in [-0.25, -0.2) is 0 Å². The van der Waals surface area contributed by atoms with Crippen LogP contribution in [0.15, 0.2) is 22.7 Å². The van der Waals surface area contributed by atoms with E-state index in [-0.39, 0.29) is 5.91 Å². The number of hydrogen-bond acceptors (Lipinski definition) is 1. The molecule has 2 unspecified atom stereocenters. The van der Waals surface area contributed by atoms with E-state index in [1.165, 1.54) is 32.1 Å².